The van der Waals surface area contributed by atoms with Crippen molar-refractivity contribution in [2.24, 2.45) is 0 Å². The molecule has 1 heterocycles. The van der Waals surface area contributed by atoms with Gasteiger partial charge in [0.15, 0.2) is 0 Å². The minimum atomic E-state index is -0.276. The van der Waals surface area contributed by atoms with Crippen LogP contribution >= 0.6 is 11.3 Å². The zero-order valence-electron chi connectivity index (χ0n) is 13.1. The predicted molar refractivity (Wildman–Crippen MR) is 93.3 cm³/mol. The number of nitrogens with one attached hydrogen (secondary N) is 1. The van der Waals surface area contributed by atoms with Crippen LogP contribution in [-0.2, 0) is 9.53 Å². The minimum Gasteiger partial charge on any atom is -0.394 e. The molecule has 0 saturated heterocycles. The van der Waals surface area contributed by atoms with Crippen LogP contribution in [-0.4, -0.2) is 30.8 Å². The second kappa shape index (κ2) is 9.25. The van der Waals surface area contributed by atoms with Gasteiger partial charge in [-0.15, -0.1) is 11.3 Å². The number of aliphatic hydroxyl groups excluding tert-OH is 1. The molecule has 0 aliphatic carbocycles. The number of carbonyl (C=O) groups excluding carboxylic acids is 1. The molecule has 2 N–H and O–H groups in total. The Morgan fingerprint density at radius 3 is 2.78 bits per heavy atom. The molecule has 0 radical (unpaired) electrons. The van der Waals surface area contributed by atoms with Gasteiger partial charge in [0.2, 0.25) is 5.91 Å². The van der Waals surface area contributed by atoms with Crippen LogP contribution in [0.1, 0.15) is 22.1 Å². The lowest BCUT2D eigenvalue weighted by molar-refractivity contribution is -0.117. The van der Waals surface area contributed by atoms with Gasteiger partial charge in [-0.05, 0) is 30.0 Å². The van der Waals surface area contributed by atoms with Crippen molar-refractivity contribution in [2.45, 2.75) is 13.0 Å². The fourth-order valence-electron chi connectivity index (χ4n) is 2.05. The highest BCUT2D eigenvalue weighted by Crippen LogP contribution is 2.17. The van der Waals surface area contributed by atoms with Gasteiger partial charge in [0.05, 0.1) is 19.3 Å². The molecule has 1 unspecified atom stereocenters. The summed E-state index contributed by atoms with van der Waals surface area (Å²) in [6.07, 6.45) is 3.03. The van der Waals surface area contributed by atoms with Gasteiger partial charge in [-0.2, -0.15) is 0 Å². The lowest BCUT2D eigenvalue weighted by Crippen LogP contribution is -2.28. The zero-order valence-corrected chi connectivity index (χ0v) is 13.9. The summed E-state index contributed by atoms with van der Waals surface area (Å²) in [4.78, 5) is 12.9. The van der Waals surface area contributed by atoms with Crippen molar-refractivity contribution >= 4 is 23.3 Å². The number of aliphatic hydroxyl groups is 1. The lowest BCUT2D eigenvalue weighted by Gasteiger charge is -2.18. The molecular weight excluding hydrogens is 310 g/mol. The average Bonchev–Trinajstić information content (AvgIpc) is 3.07. The first-order valence-electron chi connectivity index (χ1n) is 7.47. The molecule has 1 aromatic carbocycles. The summed E-state index contributed by atoms with van der Waals surface area (Å²) in [5, 5.41) is 13.8. The van der Waals surface area contributed by atoms with Crippen LogP contribution in [0.5, 0.6) is 0 Å². The Morgan fingerprint density at radius 2 is 2.13 bits per heavy atom. The van der Waals surface area contributed by atoms with Crippen LogP contribution in [0.4, 0.5) is 0 Å². The van der Waals surface area contributed by atoms with Crippen molar-refractivity contribution < 1.29 is 14.6 Å². The van der Waals surface area contributed by atoms with E-state index in [9.17, 15) is 4.79 Å². The van der Waals surface area contributed by atoms with Crippen molar-refractivity contribution in [3.05, 3.63) is 63.9 Å². The highest BCUT2D eigenvalue weighted by molar-refractivity contribution is 7.10. The fourth-order valence-corrected chi connectivity index (χ4v) is 2.66. The molecular formula is C18H21NO3S. The molecule has 23 heavy (non-hydrogen) atoms. The van der Waals surface area contributed by atoms with Crippen LogP contribution in [0.15, 0.2) is 47.9 Å². The number of rotatable bonds is 8. The third kappa shape index (κ3) is 5.98. The van der Waals surface area contributed by atoms with Gasteiger partial charge in [-0.1, -0.05) is 35.9 Å². The SMILES string of the molecule is Cc1ccc(C(CNC(=O)/C=C/c2cccs2)OCCO)cc1. The standard InChI is InChI=1S/C18H21NO3S/c1-14-4-6-15(7-5-14)17(22-11-10-20)13-19-18(21)9-8-16-3-2-12-23-16/h2-9,12,17,20H,10-11,13H2,1H3,(H,19,21)/b9-8+. The Kier molecular flexibility index (Phi) is 7.00. The van der Waals surface area contributed by atoms with Gasteiger partial charge >= 0.3 is 0 Å². The maximum atomic E-state index is 11.9. The van der Waals surface area contributed by atoms with Crippen molar-refractivity contribution in [3.63, 3.8) is 0 Å². The molecule has 0 bridgehead atoms. The molecule has 2 aromatic rings. The van der Waals surface area contributed by atoms with Crippen LogP contribution < -0.4 is 5.32 Å². The van der Waals surface area contributed by atoms with E-state index in [4.69, 9.17) is 9.84 Å². The van der Waals surface area contributed by atoms with Gasteiger partial charge in [0.25, 0.3) is 0 Å². The fraction of sp³-hybridized carbons (Fsp3) is 0.278. The van der Waals surface area contributed by atoms with E-state index in [0.717, 1.165) is 16.0 Å². The predicted octanol–water partition coefficient (Wildman–Crippen LogP) is 2.94. The summed E-state index contributed by atoms with van der Waals surface area (Å²) in [7, 11) is 0. The van der Waals surface area contributed by atoms with Crippen molar-refractivity contribution in [2.75, 3.05) is 19.8 Å². The molecule has 1 atom stereocenters. The zero-order chi connectivity index (χ0) is 16.5. The summed E-state index contributed by atoms with van der Waals surface area (Å²) < 4.78 is 5.63. The smallest absolute Gasteiger partial charge is 0.244 e. The molecule has 1 amide bonds. The van der Waals surface area contributed by atoms with E-state index >= 15 is 0 Å². The summed E-state index contributed by atoms with van der Waals surface area (Å²) >= 11 is 1.58. The van der Waals surface area contributed by atoms with Crippen LogP contribution in [0.3, 0.4) is 0 Å². The highest BCUT2D eigenvalue weighted by Gasteiger charge is 2.12. The Morgan fingerprint density at radius 1 is 1.35 bits per heavy atom. The molecule has 5 heteroatoms. The van der Waals surface area contributed by atoms with E-state index in [-0.39, 0.29) is 25.2 Å². The van der Waals surface area contributed by atoms with Crippen molar-refractivity contribution in [1.82, 2.24) is 5.32 Å². The Balaban J connectivity index is 1.92. The second-order valence-corrected chi connectivity index (χ2v) is 6.07. The van der Waals surface area contributed by atoms with Gasteiger partial charge < -0.3 is 15.2 Å². The molecule has 0 aliphatic heterocycles. The topological polar surface area (TPSA) is 58.6 Å². The Bertz CT molecular complexity index is 620. The Hall–Kier alpha value is -1.95. The van der Waals surface area contributed by atoms with Gasteiger partial charge in [-0.25, -0.2) is 0 Å². The number of hydrogen-bond acceptors (Lipinski definition) is 4. The minimum absolute atomic E-state index is 0.0470. The van der Waals surface area contributed by atoms with Crippen LogP contribution in [0.25, 0.3) is 6.08 Å². The van der Waals surface area contributed by atoms with Crippen molar-refractivity contribution in [1.29, 1.82) is 0 Å². The van der Waals surface area contributed by atoms with Crippen LogP contribution in [0.2, 0.25) is 0 Å². The number of carbonyl (C=O) groups is 1. The number of ether oxygens (including phenoxy) is 1. The maximum Gasteiger partial charge on any atom is 0.244 e. The van der Waals surface area contributed by atoms with E-state index in [2.05, 4.69) is 5.32 Å². The molecule has 0 fully saturated rings. The number of thiophene rings is 1. The molecule has 1 aromatic heterocycles. The van der Waals surface area contributed by atoms with Gasteiger partial charge in [0, 0.05) is 17.5 Å². The first-order valence-corrected chi connectivity index (χ1v) is 8.35. The second-order valence-electron chi connectivity index (χ2n) is 5.09. The van der Waals surface area contributed by atoms with E-state index in [1.807, 2.05) is 48.7 Å². The van der Waals surface area contributed by atoms with E-state index in [1.165, 1.54) is 6.08 Å². The molecule has 4 nitrogen and oxygen atoms in total. The first-order chi connectivity index (χ1) is 11.2. The third-order valence-electron chi connectivity index (χ3n) is 3.26. The number of amides is 1. The summed E-state index contributed by atoms with van der Waals surface area (Å²) in [6.45, 7) is 2.56. The van der Waals surface area contributed by atoms with E-state index < -0.39 is 0 Å². The summed E-state index contributed by atoms with van der Waals surface area (Å²) in [6, 6.07) is 11.9. The highest BCUT2D eigenvalue weighted by atomic mass is 32.1. The quantitative estimate of drug-likeness (QED) is 0.731. The summed E-state index contributed by atoms with van der Waals surface area (Å²) in [5.74, 6) is -0.164. The van der Waals surface area contributed by atoms with Gasteiger partial charge in [0.1, 0.15) is 0 Å². The Labute approximate surface area is 140 Å². The third-order valence-corrected chi connectivity index (χ3v) is 4.10. The average molecular weight is 331 g/mol. The molecule has 0 saturated carbocycles. The van der Waals surface area contributed by atoms with E-state index in [1.54, 1.807) is 17.4 Å². The largest absolute Gasteiger partial charge is 0.394 e. The van der Waals surface area contributed by atoms with E-state index in [0.29, 0.717) is 6.54 Å². The number of aryl methyl sites for hydroxylation is 1. The number of benzene rings is 1. The molecule has 122 valence electrons. The lowest BCUT2D eigenvalue weighted by atomic mass is 10.1. The molecule has 2 rings (SSSR count). The van der Waals surface area contributed by atoms with Crippen molar-refractivity contribution in [3.8, 4) is 0 Å². The van der Waals surface area contributed by atoms with Crippen LogP contribution in [0, 0.1) is 6.92 Å². The molecule has 0 aliphatic rings. The normalized spacial score (nSPS) is 12.4. The van der Waals surface area contributed by atoms with Gasteiger partial charge in [-0.3, -0.25) is 4.79 Å². The first kappa shape index (κ1) is 17.4. The maximum absolute atomic E-state index is 11.9. The number of hydrogen-bond donors (Lipinski definition) is 2. The molecule has 0 spiro atoms. The summed E-state index contributed by atoms with van der Waals surface area (Å²) in [5.41, 5.74) is 2.14. The monoisotopic (exact) mass is 331 g/mol.